The van der Waals surface area contributed by atoms with E-state index in [0.29, 0.717) is 26.7 Å². The summed E-state index contributed by atoms with van der Waals surface area (Å²) in [5.74, 6) is 1.39. The number of aryl methyl sites for hydroxylation is 1. The molecule has 0 saturated carbocycles. The summed E-state index contributed by atoms with van der Waals surface area (Å²) >= 11 is 18.7. The van der Waals surface area contributed by atoms with E-state index in [-0.39, 0.29) is 12.1 Å². The summed E-state index contributed by atoms with van der Waals surface area (Å²) in [4.78, 5) is 6.76. The molecule has 1 aliphatic rings. The fraction of sp³-hybridized carbons (Fsp3) is 0.214. The first kappa shape index (κ1) is 25.4. The second-order valence-corrected chi connectivity index (χ2v) is 10.0. The summed E-state index contributed by atoms with van der Waals surface area (Å²) in [6.07, 6.45) is 1.79. The molecule has 0 unspecified atom stereocenters. The van der Waals surface area contributed by atoms with Crippen LogP contribution in [0.4, 0.5) is 5.69 Å². The predicted molar refractivity (Wildman–Crippen MR) is 153 cm³/mol. The maximum Gasteiger partial charge on any atom is 0.174 e. The summed E-state index contributed by atoms with van der Waals surface area (Å²) in [6, 6.07) is 18.9. The molecule has 1 saturated heterocycles. The molecule has 5 rings (SSSR count). The van der Waals surface area contributed by atoms with E-state index in [1.165, 1.54) is 0 Å². The van der Waals surface area contributed by atoms with Crippen molar-refractivity contribution in [2.75, 3.05) is 19.1 Å². The lowest BCUT2D eigenvalue weighted by molar-refractivity contribution is 0.403. The molecule has 0 bridgehead atoms. The zero-order valence-corrected chi connectivity index (χ0v) is 23.2. The number of benzene rings is 2. The van der Waals surface area contributed by atoms with Gasteiger partial charge in [-0.15, -0.1) is 0 Å². The summed E-state index contributed by atoms with van der Waals surface area (Å²) in [7, 11) is 3.29. The monoisotopic (exact) mass is 552 g/mol. The van der Waals surface area contributed by atoms with Crippen molar-refractivity contribution in [3.63, 3.8) is 0 Å². The highest BCUT2D eigenvalue weighted by molar-refractivity contribution is 7.80. The van der Waals surface area contributed by atoms with Gasteiger partial charge in [0.2, 0.25) is 0 Å². The third-order valence-electron chi connectivity index (χ3n) is 6.68. The van der Waals surface area contributed by atoms with E-state index in [2.05, 4.69) is 39.7 Å². The number of halogens is 2. The standard InChI is InChI=1S/C28H26Cl2N4O2S/c1-16-13-20(17(2)33(16)23-10-8-18(29)14-21(23)30)27-26(22-7-5-6-12-31-22)32-28(37)34(27)24-15-19(35-3)9-11-25(24)36-4/h5-15,26-27H,1-4H3,(H,32,37)/t26-,27-/m1/s1. The first-order chi connectivity index (χ1) is 17.8. The molecule has 1 fully saturated rings. The molecule has 2 aromatic carbocycles. The van der Waals surface area contributed by atoms with Gasteiger partial charge in [0.1, 0.15) is 11.5 Å². The number of aromatic nitrogens is 2. The van der Waals surface area contributed by atoms with Gasteiger partial charge in [-0.3, -0.25) is 4.98 Å². The van der Waals surface area contributed by atoms with Crippen LogP contribution in [0.1, 0.15) is 34.7 Å². The normalized spacial score (nSPS) is 17.1. The SMILES string of the molecule is COc1ccc(OC)c(N2C(=S)N[C@H](c3ccccn3)[C@H]2c2cc(C)n(-c3ccc(Cl)cc3Cl)c2C)c1. The molecule has 6 nitrogen and oxygen atoms in total. The molecule has 4 aromatic rings. The summed E-state index contributed by atoms with van der Waals surface area (Å²) in [5.41, 5.74) is 5.70. The third-order valence-corrected chi connectivity index (χ3v) is 7.54. The van der Waals surface area contributed by atoms with E-state index in [1.54, 1.807) is 26.5 Å². The van der Waals surface area contributed by atoms with Crippen LogP contribution in [0.3, 0.4) is 0 Å². The van der Waals surface area contributed by atoms with Crippen LogP contribution in [0.15, 0.2) is 66.9 Å². The van der Waals surface area contributed by atoms with Gasteiger partial charge >= 0.3 is 0 Å². The Morgan fingerprint density at radius 1 is 0.946 bits per heavy atom. The van der Waals surface area contributed by atoms with Crippen molar-refractivity contribution < 1.29 is 9.47 Å². The number of anilines is 1. The summed E-state index contributed by atoms with van der Waals surface area (Å²) in [5, 5.41) is 5.26. The Hall–Kier alpha value is -3.26. The van der Waals surface area contributed by atoms with E-state index in [0.717, 1.165) is 34.0 Å². The number of rotatable bonds is 6. The lowest BCUT2D eigenvalue weighted by atomic mass is 9.96. The smallest absolute Gasteiger partial charge is 0.174 e. The second kappa shape index (κ2) is 10.2. The average molecular weight is 554 g/mol. The largest absolute Gasteiger partial charge is 0.497 e. The van der Waals surface area contributed by atoms with Gasteiger partial charge in [-0.05, 0) is 80.2 Å². The van der Waals surface area contributed by atoms with Crippen LogP contribution in [-0.4, -0.2) is 28.9 Å². The molecule has 1 N–H and O–H groups in total. The van der Waals surface area contributed by atoms with Gasteiger partial charge in [-0.25, -0.2) is 0 Å². The highest BCUT2D eigenvalue weighted by Crippen LogP contribution is 2.47. The topological polar surface area (TPSA) is 51.6 Å². The number of hydrogen-bond donors (Lipinski definition) is 1. The Morgan fingerprint density at radius 3 is 2.43 bits per heavy atom. The Morgan fingerprint density at radius 2 is 1.76 bits per heavy atom. The van der Waals surface area contributed by atoms with Crippen LogP contribution in [0.25, 0.3) is 5.69 Å². The van der Waals surface area contributed by atoms with E-state index >= 15 is 0 Å². The highest BCUT2D eigenvalue weighted by atomic mass is 35.5. The fourth-order valence-corrected chi connectivity index (χ4v) is 5.87. The van der Waals surface area contributed by atoms with Crippen molar-refractivity contribution in [3.8, 4) is 17.2 Å². The molecule has 9 heteroatoms. The number of thiocarbonyl (C=S) groups is 1. The lowest BCUT2D eigenvalue weighted by Crippen LogP contribution is -2.30. The molecule has 37 heavy (non-hydrogen) atoms. The van der Waals surface area contributed by atoms with Gasteiger partial charge in [0.25, 0.3) is 0 Å². The van der Waals surface area contributed by atoms with Gasteiger partial charge in [0.15, 0.2) is 5.11 Å². The maximum absolute atomic E-state index is 6.63. The molecule has 190 valence electrons. The third kappa shape index (κ3) is 4.52. The van der Waals surface area contributed by atoms with Crippen molar-refractivity contribution in [1.82, 2.24) is 14.9 Å². The lowest BCUT2D eigenvalue weighted by Gasteiger charge is -2.29. The second-order valence-electron chi connectivity index (χ2n) is 8.79. The van der Waals surface area contributed by atoms with Crippen LogP contribution in [-0.2, 0) is 0 Å². The molecular formula is C28H26Cl2N4O2S. The molecule has 0 spiro atoms. The van der Waals surface area contributed by atoms with E-state index < -0.39 is 0 Å². The van der Waals surface area contributed by atoms with Gasteiger partial charge in [0.05, 0.1) is 48.4 Å². The molecule has 2 atom stereocenters. The zero-order valence-electron chi connectivity index (χ0n) is 20.8. The molecular weight excluding hydrogens is 527 g/mol. The van der Waals surface area contributed by atoms with Gasteiger partial charge in [-0.2, -0.15) is 0 Å². The fourth-order valence-electron chi connectivity index (χ4n) is 5.04. The Kier molecular flexibility index (Phi) is 7.03. The highest BCUT2D eigenvalue weighted by Gasteiger charge is 2.43. The molecule has 0 amide bonds. The summed E-state index contributed by atoms with van der Waals surface area (Å²) < 4.78 is 13.4. The number of methoxy groups -OCH3 is 2. The first-order valence-electron chi connectivity index (χ1n) is 11.7. The molecule has 1 aliphatic heterocycles. The van der Waals surface area contributed by atoms with Crippen molar-refractivity contribution in [2.45, 2.75) is 25.9 Å². The van der Waals surface area contributed by atoms with E-state index in [4.69, 9.17) is 44.9 Å². The Balaban J connectivity index is 1.73. The van der Waals surface area contributed by atoms with Crippen LogP contribution < -0.4 is 19.7 Å². The number of nitrogens with zero attached hydrogens (tertiary/aromatic N) is 3. The predicted octanol–water partition coefficient (Wildman–Crippen LogP) is 6.99. The zero-order chi connectivity index (χ0) is 26.3. The van der Waals surface area contributed by atoms with Gasteiger partial charge < -0.3 is 24.3 Å². The summed E-state index contributed by atoms with van der Waals surface area (Å²) in [6.45, 7) is 4.15. The van der Waals surface area contributed by atoms with E-state index in [1.807, 2.05) is 48.5 Å². The van der Waals surface area contributed by atoms with Gasteiger partial charge in [0, 0.05) is 28.7 Å². The molecule has 0 aliphatic carbocycles. The Bertz CT molecular complexity index is 1470. The van der Waals surface area contributed by atoms with Crippen LogP contribution in [0.5, 0.6) is 11.5 Å². The Labute approximate surface area is 231 Å². The van der Waals surface area contributed by atoms with Crippen molar-refractivity contribution >= 4 is 46.2 Å². The number of pyridine rings is 1. The quantitative estimate of drug-likeness (QED) is 0.260. The molecule has 3 heterocycles. The minimum Gasteiger partial charge on any atom is -0.497 e. The average Bonchev–Trinajstić information content (AvgIpc) is 3.39. The van der Waals surface area contributed by atoms with E-state index in [9.17, 15) is 0 Å². The molecule has 2 aromatic heterocycles. The van der Waals surface area contributed by atoms with Crippen molar-refractivity contribution in [1.29, 1.82) is 0 Å². The minimum absolute atomic E-state index is 0.209. The number of nitrogens with one attached hydrogen (secondary N) is 1. The number of ether oxygens (including phenoxy) is 2. The number of hydrogen-bond acceptors (Lipinski definition) is 4. The first-order valence-corrected chi connectivity index (χ1v) is 12.9. The van der Waals surface area contributed by atoms with Crippen molar-refractivity contribution in [2.24, 2.45) is 0 Å². The van der Waals surface area contributed by atoms with Crippen LogP contribution >= 0.6 is 35.4 Å². The van der Waals surface area contributed by atoms with Crippen molar-refractivity contribution in [3.05, 3.63) is 99.6 Å². The van der Waals surface area contributed by atoms with Gasteiger partial charge in [-0.1, -0.05) is 29.3 Å². The maximum atomic E-state index is 6.63. The minimum atomic E-state index is -0.227. The van der Waals surface area contributed by atoms with Crippen LogP contribution in [0.2, 0.25) is 10.0 Å². The van der Waals surface area contributed by atoms with Crippen LogP contribution in [0, 0.1) is 13.8 Å². The molecule has 0 radical (unpaired) electrons.